The van der Waals surface area contributed by atoms with E-state index in [0.717, 1.165) is 0 Å². The van der Waals surface area contributed by atoms with Crippen molar-refractivity contribution in [1.29, 1.82) is 0 Å². The minimum atomic E-state index is -4.91. The van der Waals surface area contributed by atoms with E-state index in [1.807, 2.05) is 5.48 Å². The van der Waals surface area contributed by atoms with Gasteiger partial charge in [0.1, 0.15) is 0 Å². The molecule has 1 aliphatic heterocycles. The minimum Gasteiger partial charge on any atom is -0.354 e. The fourth-order valence-electron chi connectivity index (χ4n) is 1.30. The summed E-state index contributed by atoms with van der Waals surface area (Å²) >= 11 is 5.65. The number of hydroxylamine groups is 1. The van der Waals surface area contributed by atoms with Crippen LogP contribution in [0.5, 0.6) is 0 Å². The van der Waals surface area contributed by atoms with Crippen molar-refractivity contribution >= 4 is 17.3 Å². The molecular formula is C10H7ClF3NO2. The summed E-state index contributed by atoms with van der Waals surface area (Å²) < 4.78 is 37.3. The quantitative estimate of drug-likeness (QED) is 0.820. The molecule has 0 fully saturated rings. The van der Waals surface area contributed by atoms with E-state index in [1.54, 1.807) is 0 Å². The summed E-state index contributed by atoms with van der Waals surface area (Å²) in [6.07, 6.45) is -4.34. The van der Waals surface area contributed by atoms with Crippen LogP contribution >= 0.6 is 11.6 Å². The predicted molar refractivity (Wildman–Crippen MR) is 54.7 cm³/mol. The molecule has 7 heteroatoms. The van der Waals surface area contributed by atoms with E-state index in [9.17, 15) is 18.3 Å². The van der Waals surface area contributed by atoms with Crippen molar-refractivity contribution in [1.82, 2.24) is 5.48 Å². The molecule has 0 aromatic heterocycles. The van der Waals surface area contributed by atoms with Gasteiger partial charge < -0.3 is 5.11 Å². The van der Waals surface area contributed by atoms with Crippen molar-refractivity contribution < 1.29 is 23.1 Å². The van der Waals surface area contributed by atoms with Gasteiger partial charge in [-0.25, -0.2) is 4.84 Å². The molecule has 1 aromatic carbocycles. The third kappa shape index (κ3) is 2.24. The van der Waals surface area contributed by atoms with Gasteiger partial charge in [-0.3, -0.25) is 5.48 Å². The zero-order valence-electron chi connectivity index (χ0n) is 8.25. The van der Waals surface area contributed by atoms with Crippen molar-refractivity contribution in [3.63, 3.8) is 0 Å². The third-order valence-corrected chi connectivity index (χ3v) is 2.47. The highest BCUT2D eigenvalue weighted by molar-refractivity contribution is 6.30. The van der Waals surface area contributed by atoms with Gasteiger partial charge in [0.05, 0.1) is 5.70 Å². The molecule has 0 bridgehead atoms. The molecule has 0 saturated carbocycles. The first kappa shape index (κ1) is 12.2. The molecule has 0 radical (unpaired) electrons. The molecule has 1 unspecified atom stereocenters. The molecule has 1 atom stereocenters. The van der Waals surface area contributed by atoms with E-state index in [0.29, 0.717) is 16.7 Å². The standard InChI is InChI=1S/C10H7ClF3NO2/c11-7-3-1-6(2-4-7)8-5-9(16,17-15-8)10(12,13)14/h1-5,15-16H. The Bertz CT molecular complexity index is 458. The van der Waals surface area contributed by atoms with Gasteiger partial charge in [0.25, 0.3) is 0 Å². The number of benzene rings is 1. The van der Waals surface area contributed by atoms with Gasteiger partial charge in [0.15, 0.2) is 0 Å². The van der Waals surface area contributed by atoms with Crippen molar-refractivity contribution in [2.75, 3.05) is 0 Å². The maximum atomic E-state index is 12.4. The summed E-state index contributed by atoms with van der Waals surface area (Å²) in [5.41, 5.74) is 2.49. The second-order valence-electron chi connectivity index (χ2n) is 3.46. The summed E-state index contributed by atoms with van der Waals surface area (Å²) in [4.78, 5) is 4.16. The lowest BCUT2D eigenvalue weighted by molar-refractivity contribution is -0.345. The highest BCUT2D eigenvalue weighted by Gasteiger charge is 2.57. The Labute approximate surface area is 99.4 Å². The second-order valence-corrected chi connectivity index (χ2v) is 3.90. The third-order valence-electron chi connectivity index (χ3n) is 2.22. The van der Waals surface area contributed by atoms with E-state index in [4.69, 9.17) is 11.6 Å². The molecule has 0 saturated heterocycles. The Morgan fingerprint density at radius 1 is 1.24 bits per heavy atom. The Morgan fingerprint density at radius 2 is 1.82 bits per heavy atom. The van der Waals surface area contributed by atoms with Crippen molar-refractivity contribution in [3.8, 4) is 0 Å². The average Bonchev–Trinajstić information content (AvgIpc) is 2.63. The lowest BCUT2D eigenvalue weighted by Crippen LogP contribution is -2.45. The van der Waals surface area contributed by atoms with E-state index >= 15 is 0 Å². The second kappa shape index (κ2) is 3.90. The van der Waals surface area contributed by atoms with Gasteiger partial charge in [-0.05, 0) is 17.7 Å². The maximum absolute atomic E-state index is 12.4. The van der Waals surface area contributed by atoms with Gasteiger partial charge in [0.2, 0.25) is 0 Å². The smallest absolute Gasteiger partial charge is 0.354 e. The van der Waals surface area contributed by atoms with Crippen molar-refractivity contribution in [2.24, 2.45) is 0 Å². The monoisotopic (exact) mass is 265 g/mol. The molecule has 3 nitrogen and oxygen atoms in total. The number of aliphatic hydroxyl groups is 1. The zero-order chi connectivity index (χ0) is 12.7. The number of halogens is 4. The van der Waals surface area contributed by atoms with Crippen LogP contribution in [-0.2, 0) is 4.84 Å². The summed E-state index contributed by atoms with van der Waals surface area (Å²) in [7, 11) is 0. The average molecular weight is 266 g/mol. The molecule has 0 aliphatic carbocycles. The summed E-state index contributed by atoms with van der Waals surface area (Å²) in [6, 6.07) is 6.05. The molecule has 2 N–H and O–H groups in total. The first-order valence-corrected chi connectivity index (χ1v) is 4.91. The fourth-order valence-corrected chi connectivity index (χ4v) is 1.42. The van der Waals surface area contributed by atoms with Gasteiger partial charge in [-0.2, -0.15) is 13.2 Å². The Kier molecular flexibility index (Phi) is 2.81. The molecule has 1 heterocycles. The first-order valence-electron chi connectivity index (χ1n) is 4.54. The maximum Gasteiger partial charge on any atom is 0.449 e. The Hall–Kier alpha value is -1.24. The van der Waals surface area contributed by atoms with Crippen LogP contribution in [0.2, 0.25) is 5.02 Å². The van der Waals surface area contributed by atoms with Gasteiger partial charge in [-0.15, -0.1) is 0 Å². The SMILES string of the molecule is OC1(C(F)(F)F)C=C(c2ccc(Cl)cc2)NO1. The van der Waals surface area contributed by atoms with Crippen LogP contribution in [0.15, 0.2) is 30.3 Å². The summed E-state index contributed by atoms with van der Waals surface area (Å²) in [6.45, 7) is 0. The Balaban J connectivity index is 2.31. The van der Waals surface area contributed by atoms with Crippen molar-refractivity contribution in [3.05, 3.63) is 40.9 Å². The van der Waals surface area contributed by atoms with Crippen LogP contribution in [0.3, 0.4) is 0 Å². The molecule has 17 heavy (non-hydrogen) atoms. The molecule has 0 spiro atoms. The normalized spacial score (nSPS) is 24.4. The van der Waals surface area contributed by atoms with Crippen LogP contribution in [-0.4, -0.2) is 17.1 Å². The lowest BCUT2D eigenvalue weighted by Gasteiger charge is -2.21. The summed E-state index contributed by atoms with van der Waals surface area (Å²) in [5.74, 6) is -3.30. The molecule has 0 amide bonds. The number of hydrogen-bond donors (Lipinski definition) is 2. The Morgan fingerprint density at radius 3 is 2.29 bits per heavy atom. The molecule has 1 aliphatic rings. The van der Waals surface area contributed by atoms with Crippen molar-refractivity contribution in [2.45, 2.75) is 12.0 Å². The number of rotatable bonds is 1. The zero-order valence-corrected chi connectivity index (χ0v) is 9.01. The van der Waals surface area contributed by atoms with Crippen LogP contribution in [0, 0.1) is 0 Å². The van der Waals surface area contributed by atoms with Gasteiger partial charge in [0, 0.05) is 11.1 Å². The molecule has 2 rings (SSSR count). The highest BCUT2D eigenvalue weighted by atomic mass is 35.5. The summed E-state index contributed by atoms with van der Waals surface area (Å²) in [5, 5.41) is 9.66. The van der Waals surface area contributed by atoms with E-state index < -0.39 is 12.0 Å². The highest BCUT2D eigenvalue weighted by Crippen LogP contribution is 2.37. The van der Waals surface area contributed by atoms with E-state index in [-0.39, 0.29) is 5.70 Å². The predicted octanol–water partition coefficient (Wildman–Crippen LogP) is 2.47. The molecular weight excluding hydrogens is 259 g/mol. The van der Waals surface area contributed by atoms with E-state index in [2.05, 4.69) is 4.84 Å². The van der Waals surface area contributed by atoms with Gasteiger partial charge >= 0.3 is 12.0 Å². The van der Waals surface area contributed by atoms with E-state index in [1.165, 1.54) is 24.3 Å². The molecule has 92 valence electrons. The number of nitrogens with one attached hydrogen (secondary N) is 1. The van der Waals surface area contributed by atoms with Crippen LogP contribution in [0.25, 0.3) is 5.70 Å². The first-order chi connectivity index (χ1) is 7.82. The number of hydrogen-bond acceptors (Lipinski definition) is 3. The minimum absolute atomic E-state index is 0.0292. The van der Waals surface area contributed by atoms with Gasteiger partial charge in [-0.1, -0.05) is 23.7 Å². The van der Waals surface area contributed by atoms with Crippen LogP contribution in [0.1, 0.15) is 5.56 Å². The topological polar surface area (TPSA) is 41.5 Å². The van der Waals surface area contributed by atoms with Crippen LogP contribution in [0.4, 0.5) is 13.2 Å². The lowest BCUT2D eigenvalue weighted by atomic mass is 10.1. The van der Waals surface area contributed by atoms with Crippen LogP contribution < -0.4 is 5.48 Å². The largest absolute Gasteiger partial charge is 0.449 e. The fraction of sp³-hybridized carbons (Fsp3) is 0.200. The number of alkyl halides is 3. The molecule has 1 aromatic rings.